The fourth-order valence-electron chi connectivity index (χ4n) is 2.82. The van der Waals surface area contributed by atoms with Gasteiger partial charge in [-0.1, -0.05) is 25.5 Å². The van der Waals surface area contributed by atoms with E-state index in [9.17, 15) is 9.59 Å². The molecule has 1 saturated heterocycles. The van der Waals surface area contributed by atoms with Crippen LogP contribution in [-0.2, 0) is 11.2 Å². The summed E-state index contributed by atoms with van der Waals surface area (Å²) in [5, 5.41) is 2.95. The number of amides is 3. The van der Waals surface area contributed by atoms with Crippen LogP contribution in [0.15, 0.2) is 24.3 Å². The second kappa shape index (κ2) is 7.99. The van der Waals surface area contributed by atoms with Crippen molar-refractivity contribution in [3.8, 4) is 0 Å². The predicted molar refractivity (Wildman–Crippen MR) is 92.4 cm³/mol. The van der Waals surface area contributed by atoms with Gasteiger partial charge in [-0.15, -0.1) is 0 Å². The maximum absolute atomic E-state index is 12.3. The summed E-state index contributed by atoms with van der Waals surface area (Å²) in [6.07, 6.45) is 3.80. The molecule has 1 aliphatic rings. The van der Waals surface area contributed by atoms with Crippen molar-refractivity contribution in [1.82, 2.24) is 9.80 Å². The van der Waals surface area contributed by atoms with Gasteiger partial charge in [0, 0.05) is 32.9 Å². The number of hydrogen-bond donors (Lipinski definition) is 1. The molecule has 1 atom stereocenters. The highest BCUT2D eigenvalue weighted by atomic mass is 16.2. The molecule has 5 nitrogen and oxygen atoms in total. The van der Waals surface area contributed by atoms with Gasteiger partial charge in [0.25, 0.3) is 0 Å². The summed E-state index contributed by atoms with van der Waals surface area (Å²) >= 11 is 0. The van der Waals surface area contributed by atoms with Crippen molar-refractivity contribution in [2.75, 3.05) is 32.5 Å². The van der Waals surface area contributed by atoms with E-state index >= 15 is 0 Å². The van der Waals surface area contributed by atoms with E-state index in [1.165, 1.54) is 6.42 Å². The van der Waals surface area contributed by atoms with Gasteiger partial charge in [0.1, 0.15) is 0 Å². The van der Waals surface area contributed by atoms with Crippen LogP contribution < -0.4 is 5.32 Å². The summed E-state index contributed by atoms with van der Waals surface area (Å²) in [5.74, 6) is 0.689. The minimum atomic E-state index is -0.0275. The smallest absolute Gasteiger partial charge is 0.321 e. The first-order valence-electron chi connectivity index (χ1n) is 8.34. The van der Waals surface area contributed by atoms with Crippen LogP contribution in [0.1, 0.15) is 31.7 Å². The zero-order valence-corrected chi connectivity index (χ0v) is 14.3. The zero-order valence-electron chi connectivity index (χ0n) is 14.3. The molecule has 0 spiro atoms. The Hall–Kier alpha value is -2.04. The number of nitrogens with one attached hydrogen (secondary N) is 1. The van der Waals surface area contributed by atoms with Gasteiger partial charge in [-0.3, -0.25) is 4.79 Å². The SMILES string of the molecule is CC[C@@H]1CCCN(C(=O)Nc2ccc(CC(=O)N(C)C)cc2)C1. The molecule has 1 aliphatic heterocycles. The molecule has 0 aliphatic carbocycles. The van der Waals surface area contributed by atoms with E-state index in [0.29, 0.717) is 12.3 Å². The number of rotatable bonds is 4. The number of hydrogen-bond acceptors (Lipinski definition) is 2. The summed E-state index contributed by atoms with van der Waals surface area (Å²) in [4.78, 5) is 27.5. The van der Waals surface area contributed by atoms with Crippen molar-refractivity contribution < 1.29 is 9.59 Å². The Morgan fingerprint density at radius 2 is 1.96 bits per heavy atom. The third-order valence-corrected chi connectivity index (χ3v) is 4.44. The second-order valence-corrected chi connectivity index (χ2v) is 6.45. The fourth-order valence-corrected chi connectivity index (χ4v) is 2.82. The van der Waals surface area contributed by atoms with E-state index in [1.54, 1.807) is 19.0 Å². The van der Waals surface area contributed by atoms with Crippen LogP contribution in [0.25, 0.3) is 0 Å². The molecule has 0 radical (unpaired) electrons. The van der Waals surface area contributed by atoms with Gasteiger partial charge >= 0.3 is 6.03 Å². The highest BCUT2D eigenvalue weighted by molar-refractivity contribution is 5.89. The van der Waals surface area contributed by atoms with Crippen LogP contribution >= 0.6 is 0 Å². The fraction of sp³-hybridized carbons (Fsp3) is 0.556. The average Bonchev–Trinajstić information content (AvgIpc) is 2.56. The molecule has 0 unspecified atom stereocenters. The quantitative estimate of drug-likeness (QED) is 0.928. The van der Waals surface area contributed by atoms with Crippen LogP contribution in [0.4, 0.5) is 10.5 Å². The zero-order chi connectivity index (χ0) is 16.8. The average molecular weight is 317 g/mol. The molecule has 5 heteroatoms. The molecule has 0 aromatic heterocycles. The van der Waals surface area contributed by atoms with Crippen molar-refractivity contribution in [3.63, 3.8) is 0 Å². The van der Waals surface area contributed by atoms with Crippen LogP contribution in [0, 0.1) is 5.92 Å². The summed E-state index contributed by atoms with van der Waals surface area (Å²) < 4.78 is 0. The van der Waals surface area contributed by atoms with Gasteiger partial charge in [0.2, 0.25) is 5.91 Å². The van der Waals surface area contributed by atoms with Crippen molar-refractivity contribution in [2.24, 2.45) is 5.92 Å². The maximum atomic E-state index is 12.3. The lowest BCUT2D eigenvalue weighted by Gasteiger charge is -2.32. The summed E-state index contributed by atoms with van der Waals surface area (Å²) in [6.45, 7) is 3.86. The van der Waals surface area contributed by atoms with Crippen molar-refractivity contribution >= 4 is 17.6 Å². The predicted octanol–water partition coefficient (Wildman–Crippen LogP) is 2.97. The number of likely N-dealkylation sites (N-methyl/N-ethyl adjacent to an activating group) is 1. The highest BCUT2D eigenvalue weighted by Crippen LogP contribution is 2.20. The Morgan fingerprint density at radius 1 is 1.26 bits per heavy atom. The molecule has 126 valence electrons. The lowest BCUT2D eigenvalue weighted by atomic mass is 9.96. The van der Waals surface area contributed by atoms with Gasteiger partial charge < -0.3 is 15.1 Å². The van der Waals surface area contributed by atoms with Crippen LogP contribution in [0.2, 0.25) is 0 Å². The summed E-state index contributed by atoms with van der Waals surface area (Å²) in [5.41, 5.74) is 1.72. The van der Waals surface area contributed by atoms with Gasteiger partial charge in [0.05, 0.1) is 6.42 Å². The van der Waals surface area contributed by atoms with E-state index in [0.717, 1.165) is 37.2 Å². The lowest BCUT2D eigenvalue weighted by Crippen LogP contribution is -2.42. The molecule has 3 amide bonds. The van der Waals surface area contributed by atoms with E-state index in [4.69, 9.17) is 0 Å². The Labute approximate surface area is 138 Å². The number of anilines is 1. The third kappa shape index (κ3) is 4.98. The molecule has 1 aromatic rings. The van der Waals surface area contributed by atoms with Gasteiger partial charge in [-0.2, -0.15) is 0 Å². The topological polar surface area (TPSA) is 52.7 Å². The number of carbonyl (C=O) groups excluding carboxylic acids is 2. The van der Waals surface area contributed by atoms with E-state index < -0.39 is 0 Å². The third-order valence-electron chi connectivity index (χ3n) is 4.44. The maximum Gasteiger partial charge on any atom is 0.321 e. The molecular weight excluding hydrogens is 290 g/mol. The number of piperidine rings is 1. The first-order valence-corrected chi connectivity index (χ1v) is 8.34. The van der Waals surface area contributed by atoms with Crippen LogP contribution in [0.5, 0.6) is 0 Å². The largest absolute Gasteiger partial charge is 0.349 e. The minimum absolute atomic E-state index is 0.0275. The molecule has 23 heavy (non-hydrogen) atoms. The molecule has 0 saturated carbocycles. The van der Waals surface area contributed by atoms with E-state index in [1.807, 2.05) is 29.2 Å². The van der Waals surface area contributed by atoms with Gasteiger partial charge in [-0.05, 0) is 36.5 Å². The molecule has 1 aromatic carbocycles. The van der Waals surface area contributed by atoms with Crippen molar-refractivity contribution in [2.45, 2.75) is 32.6 Å². The summed E-state index contributed by atoms with van der Waals surface area (Å²) in [7, 11) is 3.50. The molecule has 1 heterocycles. The molecule has 1 fully saturated rings. The van der Waals surface area contributed by atoms with E-state index in [-0.39, 0.29) is 11.9 Å². The number of nitrogens with zero attached hydrogens (tertiary/aromatic N) is 2. The monoisotopic (exact) mass is 317 g/mol. The molecular formula is C18H27N3O2. The van der Waals surface area contributed by atoms with Crippen LogP contribution in [0.3, 0.4) is 0 Å². The Morgan fingerprint density at radius 3 is 2.57 bits per heavy atom. The highest BCUT2D eigenvalue weighted by Gasteiger charge is 2.22. The second-order valence-electron chi connectivity index (χ2n) is 6.45. The van der Waals surface area contributed by atoms with Crippen LogP contribution in [-0.4, -0.2) is 48.9 Å². The number of benzene rings is 1. The van der Waals surface area contributed by atoms with Crippen molar-refractivity contribution in [3.05, 3.63) is 29.8 Å². The van der Waals surface area contributed by atoms with Crippen molar-refractivity contribution in [1.29, 1.82) is 0 Å². The number of carbonyl (C=O) groups is 2. The number of urea groups is 1. The first-order chi connectivity index (χ1) is 11.0. The molecule has 0 bridgehead atoms. The Bertz CT molecular complexity index is 540. The normalized spacial score (nSPS) is 17.7. The molecule has 2 rings (SSSR count). The minimum Gasteiger partial charge on any atom is -0.349 e. The Kier molecular flexibility index (Phi) is 6.02. The Balaban J connectivity index is 1.90. The summed E-state index contributed by atoms with van der Waals surface area (Å²) in [6, 6.07) is 7.47. The standard InChI is InChI=1S/C18H27N3O2/c1-4-14-6-5-11-21(13-14)18(23)19-16-9-7-15(8-10-16)12-17(22)20(2)3/h7-10,14H,4-6,11-13H2,1-3H3,(H,19,23)/t14-/m1/s1. The number of likely N-dealkylation sites (tertiary alicyclic amines) is 1. The van der Waals surface area contributed by atoms with Gasteiger partial charge in [0.15, 0.2) is 0 Å². The molecule has 1 N–H and O–H groups in total. The lowest BCUT2D eigenvalue weighted by molar-refractivity contribution is -0.127. The van der Waals surface area contributed by atoms with Gasteiger partial charge in [-0.25, -0.2) is 4.79 Å². The first kappa shape index (κ1) is 17.3. The van der Waals surface area contributed by atoms with E-state index in [2.05, 4.69) is 12.2 Å².